The second kappa shape index (κ2) is 8.59. The van der Waals surface area contributed by atoms with Crippen molar-refractivity contribution in [3.63, 3.8) is 0 Å². The lowest BCUT2D eigenvalue weighted by Crippen LogP contribution is -2.45. The Morgan fingerprint density at radius 3 is 2.84 bits per heavy atom. The van der Waals surface area contributed by atoms with Gasteiger partial charge in [0.2, 0.25) is 15.9 Å². The van der Waals surface area contributed by atoms with E-state index in [4.69, 9.17) is 9.47 Å². The van der Waals surface area contributed by atoms with Crippen molar-refractivity contribution in [1.82, 2.24) is 9.62 Å². The summed E-state index contributed by atoms with van der Waals surface area (Å²) in [4.78, 5) is 12.0. The van der Waals surface area contributed by atoms with Crippen molar-refractivity contribution in [2.75, 3.05) is 40.5 Å². The van der Waals surface area contributed by atoms with Gasteiger partial charge in [-0.1, -0.05) is 0 Å². The normalized spacial score (nSPS) is 18.8. The van der Waals surface area contributed by atoms with Crippen LogP contribution in [0.15, 0.2) is 23.1 Å². The Morgan fingerprint density at radius 1 is 1.40 bits per heavy atom. The zero-order valence-electron chi connectivity index (χ0n) is 14.3. The van der Waals surface area contributed by atoms with Crippen LogP contribution >= 0.6 is 0 Å². The minimum Gasteiger partial charge on any atom is -0.495 e. The molecule has 7 nitrogen and oxygen atoms in total. The van der Waals surface area contributed by atoms with Gasteiger partial charge in [-0.25, -0.2) is 12.8 Å². The fourth-order valence-corrected chi connectivity index (χ4v) is 4.48. The van der Waals surface area contributed by atoms with Crippen LogP contribution in [0, 0.1) is 11.7 Å². The highest BCUT2D eigenvalue weighted by molar-refractivity contribution is 7.89. The smallest absolute Gasteiger partial charge is 0.246 e. The molecule has 0 aliphatic carbocycles. The van der Waals surface area contributed by atoms with E-state index in [-0.39, 0.29) is 29.6 Å². The number of ether oxygens (including phenoxy) is 2. The van der Waals surface area contributed by atoms with Crippen LogP contribution in [0.25, 0.3) is 0 Å². The number of piperidine rings is 1. The summed E-state index contributed by atoms with van der Waals surface area (Å²) in [5.74, 6) is -1.23. The summed E-state index contributed by atoms with van der Waals surface area (Å²) in [6.07, 6.45) is 1.16. The minimum absolute atomic E-state index is 0.0564. The van der Waals surface area contributed by atoms with Crippen molar-refractivity contribution in [2.45, 2.75) is 17.7 Å². The Balaban J connectivity index is 2.17. The molecule has 1 saturated heterocycles. The average Bonchev–Trinajstić information content (AvgIpc) is 2.62. The summed E-state index contributed by atoms with van der Waals surface area (Å²) in [5, 5.41) is 2.73. The van der Waals surface area contributed by atoms with Gasteiger partial charge in [0.25, 0.3) is 0 Å². The first-order valence-electron chi connectivity index (χ1n) is 8.00. The predicted molar refractivity (Wildman–Crippen MR) is 89.3 cm³/mol. The van der Waals surface area contributed by atoms with E-state index in [0.29, 0.717) is 26.0 Å². The summed E-state index contributed by atoms with van der Waals surface area (Å²) in [7, 11) is -1.09. The molecule has 1 N–H and O–H groups in total. The largest absolute Gasteiger partial charge is 0.495 e. The third kappa shape index (κ3) is 4.68. The number of methoxy groups -OCH3 is 2. The van der Waals surface area contributed by atoms with Gasteiger partial charge in [-0.2, -0.15) is 4.31 Å². The Kier molecular flexibility index (Phi) is 6.74. The van der Waals surface area contributed by atoms with E-state index in [1.54, 1.807) is 0 Å². The number of carbonyl (C=O) groups is 1. The molecule has 0 saturated carbocycles. The minimum atomic E-state index is -3.96. The maximum absolute atomic E-state index is 13.5. The number of carbonyl (C=O) groups excluding carboxylic acids is 1. The van der Waals surface area contributed by atoms with Gasteiger partial charge in [0, 0.05) is 26.7 Å². The number of hydrogen-bond donors (Lipinski definition) is 1. The molecular formula is C16H23FN2O5S. The van der Waals surface area contributed by atoms with Crippen LogP contribution in [0.1, 0.15) is 12.8 Å². The van der Waals surface area contributed by atoms with Gasteiger partial charge in [-0.3, -0.25) is 4.79 Å². The highest BCUT2D eigenvalue weighted by Crippen LogP contribution is 2.30. The zero-order chi connectivity index (χ0) is 18.4. The summed E-state index contributed by atoms with van der Waals surface area (Å²) in [6, 6.07) is 3.36. The lowest BCUT2D eigenvalue weighted by Gasteiger charge is -2.31. The third-order valence-electron chi connectivity index (χ3n) is 4.10. The topological polar surface area (TPSA) is 84.9 Å². The lowest BCUT2D eigenvalue weighted by atomic mass is 9.99. The molecule has 1 heterocycles. The van der Waals surface area contributed by atoms with Gasteiger partial charge in [0.1, 0.15) is 16.5 Å². The number of sulfonamides is 1. The van der Waals surface area contributed by atoms with Crippen LogP contribution < -0.4 is 10.1 Å². The summed E-state index contributed by atoms with van der Waals surface area (Å²) >= 11 is 0. The fourth-order valence-electron chi connectivity index (χ4n) is 2.79. The first kappa shape index (κ1) is 19.6. The first-order valence-corrected chi connectivity index (χ1v) is 9.44. The molecule has 1 aliphatic rings. The molecule has 1 amide bonds. The number of amides is 1. The van der Waals surface area contributed by atoms with Gasteiger partial charge < -0.3 is 14.8 Å². The molecule has 0 radical (unpaired) electrons. The number of hydrogen-bond acceptors (Lipinski definition) is 5. The van der Waals surface area contributed by atoms with Gasteiger partial charge in [-0.15, -0.1) is 0 Å². The molecule has 25 heavy (non-hydrogen) atoms. The molecule has 1 atom stereocenters. The molecular weight excluding hydrogens is 351 g/mol. The molecule has 9 heteroatoms. The second-order valence-corrected chi connectivity index (χ2v) is 7.69. The predicted octanol–water partition coefficient (Wildman–Crippen LogP) is 0.998. The van der Waals surface area contributed by atoms with E-state index in [0.717, 1.165) is 12.1 Å². The number of halogens is 1. The first-order chi connectivity index (χ1) is 11.9. The molecule has 0 bridgehead atoms. The summed E-state index contributed by atoms with van der Waals surface area (Å²) in [5.41, 5.74) is 0. The van der Waals surface area contributed by atoms with Crippen molar-refractivity contribution in [1.29, 1.82) is 0 Å². The van der Waals surface area contributed by atoms with E-state index in [2.05, 4.69) is 5.32 Å². The van der Waals surface area contributed by atoms with Gasteiger partial charge >= 0.3 is 0 Å². The lowest BCUT2D eigenvalue weighted by molar-refractivity contribution is -0.126. The molecule has 140 valence electrons. The van der Waals surface area contributed by atoms with Crippen LogP contribution in [0.5, 0.6) is 5.75 Å². The Morgan fingerprint density at radius 2 is 2.16 bits per heavy atom. The van der Waals surface area contributed by atoms with E-state index in [1.165, 1.54) is 24.6 Å². The fraction of sp³-hybridized carbons (Fsp3) is 0.562. The van der Waals surface area contributed by atoms with E-state index in [9.17, 15) is 17.6 Å². The average molecular weight is 374 g/mol. The zero-order valence-corrected chi connectivity index (χ0v) is 15.1. The van der Waals surface area contributed by atoms with Crippen LogP contribution in [-0.4, -0.2) is 59.1 Å². The van der Waals surface area contributed by atoms with Crippen LogP contribution in [-0.2, 0) is 19.6 Å². The van der Waals surface area contributed by atoms with E-state index < -0.39 is 21.8 Å². The molecule has 1 unspecified atom stereocenters. The van der Waals surface area contributed by atoms with Crippen LogP contribution in [0.4, 0.5) is 4.39 Å². The Hall–Kier alpha value is -1.71. The monoisotopic (exact) mass is 374 g/mol. The Labute approximate surface area is 147 Å². The van der Waals surface area contributed by atoms with Crippen molar-refractivity contribution >= 4 is 15.9 Å². The Bertz CT molecular complexity index is 710. The summed E-state index contributed by atoms with van der Waals surface area (Å²) in [6.45, 7) is 1.10. The highest BCUT2D eigenvalue weighted by Gasteiger charge is 2.34. The van der Waals surface area contributed by atoms with Crippen molar-refractivity contribution < 1.29 is 27.1 Å². The van der Waals surface area contributed by atoms with Gasteiger partial charge in [-0.05, 0) is 31.0 Å². The maximum Gasteiger partial charge on any atom is 0.246 e. The van der Waals surface area contributed by atoms with Gasteiger partial charge in [0.05, 0.1) is 19.6 Å². The molecule has 0 spiro atoms. The molecule has 2 rings (SSSR count). The SMILES string of the molecule is COCCNC(=O)C1CCCN(S(=O)(=O)c2cc(F)ccc2OC)C1. The quantitative estimate of drug-likeness (QED) is 0.720. The molecule has 0 aromatic heterocycles. The second-order valence-electron chi connectivity index (χ2n) is 5.78. The molecule has 1 aromatic carbocycles. The number of benzene rings is 1. The van der Waals surface area contributed by atoms with Crippen molar-refractivity contribution in [3.8, 4) is 5.75 Å². The number of nitrogens with zero attached hydrogens (tertiary/aromatic N) is 1. The standard InChI is InChI=1S/C16H23FN2O5S/c1-23-9-7-18-16(20)12-4-3-8-19(11-12)25(21,22)15-10-13(17)5-6-14(15)24-2/h5-6,10,12H,3-4,7-9,11H2,1-2H3,(H,18,20). The maximum atomic E-state index is 13.5. The molecule has 1 aliphatic heterocycles. The number of rotatable bonds is 7. The number of nitrogens with one attached hydrogen (secondary N) is 1. The van der Waals surface area contributed by atoms with Gasteiger partial charge in [0.15, 0.2) is 0 Å². The van der Waals surface area contributed by atoms with Crippen LogP contribution in [0.2, 0.25) is 0 Å². The third-order valence-corrected chi connectivity index (χ3v) is 5.99. The highest BCUT2D eigenvalue weighted by atomic mass is 32.2. The molecule has 1 fully saturated rings. The van der Waals surface area contributed by atoms with E-state index in [1.807, 2.05) is 0 Å². The van der Waals surface area contributed by atoms with Crippen molar-refractivity contribution in [2.24, 2.45) is 5.92 Å². The van der Waals surface area contributed by atoms with Crippen LogP contribution in [0.3, 0.4) is 0 Å². The van der Waals surface area contributed by atoms with Crippen molar-refractivity contribution in [3.05, 3.63) is 24.0 Å². The molecule has 1 aromatic rings. The van der Waals surface area contributed by atoms with E-state index >= 15 is 0 Å². The summed E-state index contributed by atoms with van der Waals surface area (Å²) < 4.78 is 50.4.